The minimum atomic E-state index is -4.63. The van der Waals surface area contributed by atoms with Crippen LogP contribution in [0.5, 0.6) is 0 Å². The van der Waals surface area contributed by atoms with E-state index >= 15 is 0 Å². The number of aromatic amines is 1. The highest BCUT2D eigenvalue weighted by Gasteiger charge is 2.43. The van der Waals surface area contributed by atoms with Crippen LogP contribution in [0.2, 0.25) is 0 Å². The first-order valence-electron chi connectivity index (χ1n) is 13.7. The number of carboxylic acids is 1. The van der Waals surface area contributed by atoms with Crippen molar-refractivity contribution in [3.8, 4) is 6.07 Å². The Morgan fingerprint density at radius 3 is 2.45 bits per heavy atom. The quantitative estimate of drug-likeness (QED) is 0.323. The van der Waals surface area contributed by atoms with Crippen molar-refractivity contribution < 1.29 is 37.5 Å². The predicted molar refractivity (Wildman–Crippen MR) is 147 cm³/mol. The molecule has 2 aromatic carbocycles. The van der Waals surface area contributed by atoms with Gasteiger partial charge in [0.2, 0.25) is 5.95 Å². The number of rotatable bonds is 5. The number of benzene rings is 2. The van der Waals surface area contributed by atoms with Crippen LogP contribution in [0.25, 0.3) is 0 Å². The van der Waals surface area contributed by atoms with Gasteiger partial charge in [-0.05, 0) is 42.8 Å². The van der Waals surface area contributed by atoms with Gasteiger partial charge in [0.15, 0.2) is 0 Å². The molecule has 2 bridgehead atoms. The highest BCUT2D eigenvalue weighted by Crippen LogP contribution is 2.43. The summed E-state index contributed by atoms with van der Waals surface area (Å²) in [6.45, 7) is 7.16. The first-order chi connectivity index (χ1) is 20.9. The minimum Gasteiger partial charge on any atom is -0.554 e. The number of H-pyrrole nitrogens is 1. The topological polar surface area (TPSA) is 158 Å². The molecule has 3 fully saturated rings. The Morgan fingerprint density at radius 1 is 1.20 bits per heavy atom. The molecular formula is C29H28F3N7O5. The number of hydrogen-bond acceptors (Lipinski definition) is 8. The van der Waals surface area contributed by atoms with Crippen LogP contribution in [0.15, 0.2) is 58.5 Å². The maximum atomic E-state index is 13.6. The van der Waals surface area contributed by atoms with E-state index in [1.54, 1.807) is 18.2 Å². The fourth-order valence-corrected chi connectivity index (χ4v) is 6.39. The van der Waals surface area contributed by atoms with E-state index in [-0.39, 0.29) is 22.9 Å². The molecule has 1 unspecified atom stereocenters. The van der Waals surface area contributed by atoms with E-state index in [1.807, 2.05) is 0 Å². The van der Waals surface area contributed by atoms with Crippen molar-refractivity contribution in [1.29, 1.82) is 5.26 Å². The van der Waals surface area contributed by atoms with Gasteiger partial charge in [-0.2, -0.15) is 18.4 Å². The number of nitriles is 1. The number of nitrogens with one attached hydrogen (secondary N) is 1. The van der Waals surface area contributed by atoms with Gasteiger partial charge >= 0.3 is 17.8 Å². The lowest BCUT2D eigenvalue weighted by atomic mass is 9.89. The summed E-state index contributed by atoms with van der Waals surface area (Å²) >= 11 is 0. The number of piperazine rings is 3. The first-order valence-corrected chi connectivity index (χ1v) is 13.7. The molecule has 230 valence electrons. The molecule has 3 aromatic rings. The molecule has 2 N–H and O–H groups in total. The number of allylic oxidation sites excluding steroid dienone is 1. The van der Waals surface area contributed by atoms with Crippen molar-refractivity contribution in [2.45, 2.75) is 25.7 Å². The molecule has 5 heterocycles. The predicted octanol–water partition coefficient (Wildman–Crippen LogP) is 1.57. The van der Waals surface area contributed by atoms with Crippen LogP contribution < -0.4 is 15.7 Å². The number of aliphatic carboxylic acids is 1. The molecule has 4 aliphatic heterocycles. The second-order valence-corrected chi connectivity index (χ2v) is 10.9. The molecule has 3 saturated heterocycles. The number of hydrogen-bond donors (Lipinski definition) is 2. The Bertz CT molecular complexity index is 1720. The van der Waals surface area contributed by atoms with Crippen LogP contribution in [0, 0.1) is 11.3 Å². The molecule has 44 heavy (non-hydrogen) atoms. The molecule has 4 aliphatic rings. The van der Waals surface area contributed by atoms with E-state index in [0.29, 0.717) is 17.7 Å². The second-order valence-electron chi connectivity index (χ2n) is 10.9. The van der Waals surface area contributed by atoms with Gasteiger partial charge in [-0.15, -0.1) is 5.10 Å². The molecule has 12 nitrogen and oxygen atoms in total. The molecule has 1 atom stereocenters. The van der Waals surface area contributed by atoms with Gasteiger partial charge in [0.1, 0.15) is 12.6 Å². The standard InChI is InChI=1S/C28H26F3N7O3.CH2O2/c1-17-23(25(39)40)24(22-6-5-18(15-32)13-19(22)16-38-10-7-35(8-11-38)9-12-38)37-26(33-34-27(37)41)36(17)21-4-2-3-20(14-21)28(29,30)31;2-1-3/h2-6,13-14,24H,7-12,16H2,1H3,(H-,34,39,40,41);1H,(H,2,3). The van der Waals surface area contributed by atoms with Gasteiger partial charge in [0.25, 0.3) is 0 Å². The maximum absolute atomic E-state index is 13.6. The Kier molecular flexibility index (Phi) is 8.06. The van der Waals surface area contributed by atoms with Crippen molar-refractivity contribution in [2.24, 2.45) is 0 Å². The summed E-state index contributed by atoms with van der Waals surface area (Å²) in [7, 11) is 0. The monoisotopic (exact) mass is 611 g/mol. The Labute approximate surface area is 249 Å². The van der Waals surface area contributed by atoms with Gasteiger partial charge in [-0.3, -0.25) is 9.80 Å². The number of aromatic nitrogens is 3. The largest absolute Gasteiger partial charge is 0.554 e. The number of anilines is 2. The van der Waals surface area contributed by atoms with E-state index in [4.69, 9.17) is 9.90 Å². The lowest BCUT2D eigenvalue weighted by molar-refractivity contribution is -0.953. The van der Waals surface area contributed by atoms with Crippen molar-refractivity contribution in [1.82, 2.24) is 19.7 Å². The maximum Gasteiger partial charge on any atom is 0.416 e. The van der Waals surface area contributed by atoms with Gasteiger partial charge in [0, 0.05) is 43.1 Å². The van der Waals surface area contributed by atoms with Crippen LogP contribution >= 0.6 is 0 Å². The van der Waals surface area contributed by atoms with Crippen LogP contribution in [-0.4, -0.2) is 81.0 Å². The lowest BCUT2D eigenvalue weighted by Crippen LogP contribution is -2.66. The average Bonchev–Trinajstić information content (AvgIpc) is 3.37. The zero-order valence-electron chi connectivity index (χ0n) is 23.5. The Balaban J connectivity index is 0.00000123. The summed E-state index contributed by atoms with van der Waals surface area (Å²) in [4.78, 5) is 38.0. The highest BCUT2D eigenvalue weighted by atomic mass is 19.4. The first kappa shape index (κ1) is 30.5. The molecule has 7 rings (SSSR count). The lowest BCUT2D eigenvalue weighted by Gasteiger charge is -2.51. The zero-order chi connectivity index (χ0) is 31.8. The summed E-state index contributed by atoms with van der Waals surface area (Å²) < 4.78 is 42.6. The van der Waals surface area contributed by atoms with Crippen molar-refractivity contribution in [3.05, 3.63) is 86.5 Å². The summed E-state index contributed by atoms with van der Waals surface area (Å²) in [5, 5.41) is 34.9. The van der Waals surface area contributed by atoms with Crippen LogP contribution in [0.4, 0.5) is 24.8 Å². The summed E-state index contributed by atoms with van der Waals surface area (Å²) in [6, 6.07) is 10.5. The zero-order valence-corrected chi connectivity index (χ0v) is 23.5. The molecule has 15 heteroatoms. The molecule has 0 aliphatic carbocycles. The van der Waals surface area contributed by atoms with Gasteiger partial charge in [-0.25, -0.2) is 19.3 Å². The van der Waals surface area contributed by atoms with E-state index in [1.165, 1.54) is 28.5 Å². The third kappa shape index (κ3) is 5.45. The minimum absolute atomic E-state index is 0.0133. The highest BCUT2D eigenvalue weighted by molar-refractivity contribution is 5.92. The second kappa shape index (κ2) is 11.6. The van der Waals surface area contributed by atoms with Gasteiger partial charge in [0.05, 0.1) is 42.4 Å². The molecule has 0 saturated carbocycles. The van der Waals surface area contributed by atoms with Crippen molar-refractivity contribution in [2.75, 3.05) is 44.2 Å². The summed E-state index contributed by atoms with van der Waals surface area (Å²) in [5.74, 6) is -1.35. The third-order valence-corrected chi connectivity index (χ3v) is 8.55. The van der Waals surface area contributed by atoms with E-state index in [0.717, 1.165) is 61.4 Å². The SMILES string of the molecule is CC1=C(C(=O)O)C(c2ccc(C#N)cc2C[N+]23CCN(CC2)CC3)n2c(n[nH]c2=O)N1c1cccc(C(F)(F)F)c1.O=C[O-]. The number of quaternary nitrogens is 1. The average molecular weight is 612 g/mol. The molecule has 0 amide bonds. The fraction of sp³-hybridized carbons (Fsp3) is 0.345. The van der Waals surface area contributed by atoms with E-state index in [9.17, 15) is 33.1 Å². The summed E-state index contributed by atoms with van der Waals surface area (Å²) in [5.41, 5.74) is 0.0429. The Hall–Kier alpha value is -4.94. The van der Waals surface area contributed by atoms with E-state index in [2.05, 4.69) is 21.2 Å². The van der Waals surface area contributed by atoms with Gasteiger partial charge < -0.3 is 19.5 Å². The number of fused-ring (bicyclic) bond motifs is 4. The third-order valence-electron chi connectivity index (χ3n) is 8.55. The molecule has 0 radical (unpaired) electrons. The number of carbonyl (C=O) groups is 2. The van der Waals surface area contributed by atoms with Crippen molar-refractivity contribution in [3.63, 3.8) is 0 Å². The van der Waals surface area contributed by atoms with E-state index < -0.39 is 35.9 Å². The number of carbonyl (C=O) groups excluding carboxylic acids is 1. The summed E-state index contributed by atoms with van der Waals surface area (Å²) in [6.07, 6.45) is -4.63. The molecule has 1 aromatic heterocycles. The Morgan fingerprint density at radius 2 is 1.86 bits per heavy atom. The normalized spacial score (nSPS) is 22.5. The van der Waals surface area contributed by atoms with Crippen LogP contribution in [-0.2, 0) is 22.3 Å². The number of alkyl halides is 3. The molecular weight excluding hydrogens is 583 g/mol. The number of halogens is 3. The smallest absolute Gasteiger partial charge is 0.416 e. The van der Waals surface area contributed by atoms with Crippen LogP contribution in [0.1, 0.15) is 35.2 Å². The molecule has 0 spiro atoms. The number of carboxylic acid groups (broad SMARTS) is 2. The van der Waals surface area contributed by atoms with Crippen molar-refractivity contribution >= 4 is 24.1 Å². The van der Waals surface area contributed by atoms with Gasteiger partial charge in [-0.1, -0.05) is 12.1 Å². The number of nitrogens with zero attached hydrogens (tertiary/aromatic N) is 6. The van der Waals surface area contributed by atoms with Crippen LogP contribution in [0.3, 0.4) is 0 Å². The fourth-order valence-electron chi connectivity index (χ4n) is 6.39.